The van der Waals surface area contributed by atoms with Gasteiger partial charge in [0.25, 0.3) is 0 Å². The van der Waals surface area contributed by atoms with Gasteiger partial charge in [-0.2, -0.15) is 0 Å². The van der Waals surface area contributed by atoms with E-state index in [1.165, 1.54) is 6.07 Å². The normalized spacial score (nSPS) is 10.7. The van der Waals surface area contributed by atoms with Crippen LogP contribution in [-0.2, 0) is 6.54 Å². The minimum Gasteiger partial charge on any atom is -0.493 e. The number of ether oxygens (including phenoxy) is 2. The molecule has 0 radical (unpaired) electrons. The van der Waals surface area contributed by atoms with E-state index >= 15 is 0 Å². The molecule has 124 valence electrons. The highest BCUT2D eigenvalue weighted by atomic mass is 79.9. The summed E-state index contributed by atoms with van der Waals surface area (Å²) in [5.74, 6) is 0.898. The van der Waals surface area contributed by atoms with Crippen LogP contribution in [-0.4, -0.2) is 13.2 Å². The molecule has 0 saturated heterocycles. The Hall–Kier alpha value is -1.46. The first-order valence-electron chi connectivity index (χ1n) is 7.12. The zero-order valence-corrected chi connectivity index (χ0v) is 15.5. The highest BCUT2D eigenvalue weighted by Crippen LogP contribution is 2.37. The van der Waals surface area contributed by atoms with Gasteiger partial charge >= 0.3 is 0 Å². The van der Waals surface area contributed by atoms with Crippen LogP contribution in [0.1, 0.15) is 19.4 Å². The van der Waals surface area contributed by atoms with Crippen LogP contribution in [0.2, 0.25) is 5.02 Å². The third kappa shape index (κ3) is 4.75. The van der Waals surface area contributed by atoms with Crippen LogP contribution in [0.4, 0.5) is 10.1 Å². The van der Waals surface area contributed by atoms with Crippen molar-refractivity contribution < 1.29 is 13.9 Å². The fourth-order valence-electron chi connectivity index (χ4n) is 2.04. The molecule has 2 aromatic rings. The highest BCUT2D eigenvalue weighted by Gasteiger charge is 2.13. The molecular formula is C17H18BrClFNO2. The number of anilines is 1. The molecule has 2 aromatic carbocycles. The average molecular weight is 403 g/mol. The molecule has 0 heterocycles. The molecule has 0 saturated carbocycles. The zero-order chi connectivity index (χ0) is 17.0. The van der Waals surface area contributed by atoms with Crippen LogP contribution in [0.5, 0.6) is 11.5 Å². The molecule has 0 atom stereocenters. The second-order valence-corrected chi connectivity index (χ2v) is 6.52. The van der Waals surface area contributed by atoms with Gasteiger partial charge < -0.3 is 14.8 Å². The quantitative estimate of drug-likeness (QED) is 0.677. The van der Waals surface area contributed by atoms with Crippen molar-refractivity contribution in [3.8, 4) is 11.5 Å². The topological polar surface area (TPSA) is 30.5 Å². The number of rotatable bonds is 6. The maximum atomic E-state index is 13.2. The van der Waals surface area contributed by atoms with E-state index in [-0.39, 0.29) is 11.1 Å². The molecule has 0 bridgehead atoms. The van der Waals surface area contributed by atoms with Gasteiger partial charge in [-0.25, -0.2) is 4.39 Å². The summed E-state index contributed by atoms with van der Waals surface area (Å²) in [4.78, 5) is 0. The smallest absolute Gasteiger partial charge is 0.175 e. The fourth-order valence-corrected chi connectivity index (χ4v) is 2.80. The number of nitrogens with one attached hydrogen (secondary N) is 1. The first-order valence-corrected chi connectivity index (χ1v) is 8.29. The lowest BCUT2D eigenvalue weighted by Gasteiger charge is -2.17. The van der Waals surface area contributed by atoms with Crippen LogP contribution in [0.25, 0.3) is 0 Å². The Morgan fingerprint density at radius 2 is 2.00 bits per heavy atom. The second kappa shape index (κ2) is 7.88. The Bertz CT molecular complexity index is 695. The summed E-state index contributed by atoms with van der Waals surface area (Å²) >= 11 is 9.29. The first-order chi connectivity index (χ1) is 10.9. The van der Waals surface area contributed by atoms with Crippen LogP contribution in [0, 0.1) is 5.82 Å². The average Bonchev–Trinajstić information content (AvgIpc) is 2.50. The predicted octanol–water partition coefficient (Wildman–Crippen LogP) is 5.65. The Morgan fingerprint density at radius 1 is 1.26 bits per heavy atom. The van der Waals surface area contributed by atoms with Crippen LogP contribution >= 0.6 is 27.5 Å². The molecular weight excluding hydrogens is 385 g/mol. The molecule has 2 rings (SSSR count). The van der Waals surface area contributed by atoms with Crippen LogP contribution in [0.15, 0.2) is 34.8 Å². The molecule has 0 unspecified atom stereocenters. The third-order valence-corrected chi connectivity index (χ3v) is 3.94. The summed E-state index contributed by atoms with van der Waals surface area (Å²) in [6.07, 6.45) is 0.0468. The summed E-state index contributed by atoms with van der Waals surface area (Å²) < 4.78 is 25.1. The molecule has 1 N–H and O–H groups in total. The van der Waals surface area contributed by atoms with Gasteiger partial charge in [0.05, 0.1) is 22.7 Å². The van der Waals surface area contributed by atoms with Gasteiger partial charge in [0.1, 0.15) is 5.82 Å². The minimum atomic E-state index is -0.434. The van der Waals surface area contributed by atoms with Crippen LogP contribution in [0.3, 0.4) is 0 Å². The van der Waals surface area contributed by atoms with Gasteiger partial charge in [0.2, 0.25) is 0 Å². The van der Waals surface area contributed by atoms with Gasteiger partial charge in [-0.1, -0.05) is 11.6 Å². The molecule has 6 heteroatoms. The molecule has 0 amide bonds. The molecule has 0 fully saturated rings. The number of hydrogen-bond donors (Lipinski definition) is 1. The summed E-state index contributed by atoms with van der Waals surface area (Å²) in [6, 6.07) is 8.39. The lowest BCUT2D eigenvalue weighted by atomic mass is 10.2. The number of halogens is 3. The van der Waals surface area contributed by atoms with E-state index in [2.05, 4.69) is 21.2 Å². The Kier molecular flexibility index (Phi) is 6.13. The van der Waals surface area contributed by atoms with Crippen molar-refractivity contribution in [3.63, 3.8) is 0 Å². The van der Waals surface area contributed by atoms with E-state index in [1.54, 1.807) is 19.2 Å². The van der Waals surface area contributed by atoms with E-state index in [9.17, 15) is 4.39 Å². The minimum absolute atomic E-state index is 0.0468. The fraction of sp³-hybridized carbons (Fsp3) is 0.294. The molecule has 0 aliphatic rings. The van der Waals surface area contributed by atoms with E-state index in [0.29, 0.717) is 18.0 Å². The highest BCUT2D eigenvalue weighted by molar-refractivity contribution is 9.10. The van der Waals surface area contributed by atoms with Crippen molar-refractivity contribution in [1.29, 1.82) is 0 Å². The van der Waals surface area contributed by atoms with Crippen molar-refractivity contribution in [2.75, 3.05) is 12.4 Å². The Morgan fingerprint density at radius 3 is 2.61 bits per heavy atom. The van der Waals surface area contributed by atoms with Gasteiger partial charge in [-0.3, -0.25) is 0 Å². The van der Waals surface area contributed by atoms with Crippen molar-refractivity contribution in [3.05, 3.63) is 51.2 Å². The summed E-state index contributed by atoms with van der Waals surface area (Å²) in [7, 11) is 1.60. The number of benzene rings is 2. The van der Waals surface area contributed by atoms with Crippen LogP contribution < -0.4 is 14.8 Å². The molecule has 0 aliphatic heterocycles. The van der Waals surface area contributed by atoms with Crippen molar-refractivity contribution >= 4 is 33.2 Å². The molecule has 23 heavy (non-hydrogen) atoms. The van der Waals surface area contributed by atoms with Gasteiger partial charge in [0.15, 0.2) is 11.5 Å². The SMILES string of the molecule is COc1cc(CNc2ccc(F)c(Cl)c2)cc(Br)c1OC(C)C. The molecule has 0 spiro atoms. The summed E-state index contributed by atoms with van der Waals surface area (Å²) in [6.45, 7) is 4.46. The maximum Gasteiger partial charge on any atom is 0.175 e. The van der Waals surface area contributed by atoms with Crippen molar-refractivity contribution in [1.82, 2.24) is 0 Å². The summed E-state index contributed by atoms with van der Waals surface area (Å²) in [5, 5.41) is 3.29. The zero-order valence-electron chi connectivity index (χ0n) is 13.1. The Labute approximate surface area is 148 Å². The molecule has 3 nitrogen and oxygen atoms in total. The third-order valence-electron chi connectivity index (χ3n) is 3.06. The van der Waals surface area contributed by atoms with Crippen molar-refractivity contribution in [2.24, 2.45) is 0 Å². The van der Waals surface area contributed by atoms with Gasteiger partial charge in [-0.15, -0.1) is 0 Å². The Balaban J connectivity index is 2.16. The maximum absolute atomic E-state index is 13.2. The van der Waals surface area contributed by atoms with E-state index < -0.39 is 5.82 Å². The van der Waals surface area contributed by atoms with E-state index in [1.807, 2.05) is 26.0 Å². The molecule has 0 aromatic heterocycles. The monoisotopic (exact) mass is 401 g/mol. The largest absolute Gasteiger partial charge is 0.493 e. The number of hydrogen-bond acceptors (Lipinski definition) is 3. The standard InChI is InChI=1S/C17H18BrClFNO2/c1-10(2)23-17-13(18)6-11(7-16(17)22-3)9-21-12-4-5-15(20)14(19)8-12/h4-8,10,21H,9H2,1-3H3. The van der Waals surface area contributed by atoms with Gasteiger partial charge in [-0.05, 0) is 65.7 Å². The van der Waals surface area contributed by atoms with Gasteiger partial charge in [0, 0.05) is 12.2 Å². The number of methoxy groups -OCH3 is 1. The van der Waals surface area contributed by atoms with Crippen molar-refractivity contribution in [2.45, 2.75) is 26.5 Å². The molecule has 0 aliphatic carbocycles. The summed E-state index contributed by atoms with van der Waals surface area (Å²) in [5.41, 5.74) is 1.74. The first kappa shape index (κ1) is 17.9. The predicted molar refractivity (Wildman–Crippen MR) is 95.2 cm³/mol. The van der Waals surface area contributed by atoms with E-state index in [4.69, 9.17) is 21.1 Å². The lowest BCUT2D eigenvalue weighted by Crippen LogP contribution is -2.08. The second-order valence-electron chi connectivity index (χ2n) is 5.26. The lowest BCUT2D eigenvalue weighted by molar-refractivity contribution is 0.228. The van der Waals surface area contributed by atoms with E-state index in [0.717, 1.165) is 15.7 Å².